The van der Waals surface area contributed by atoms with Crippen molar-refractivity contribution >= 4 is 23.5 Å². The second-order valence-electron chi connectivity index (χ2n) is 4.03. The first kappa shape index (κ1) is 15.4. The summed E-state index contributed by atoms with van der Waals surface area (Å²) in [6, 6.07) is 3.16. The smallest absolute Gasteiger partial charge is 0.317 e. The molecule has 0 aliphatic carbocycles. The van der Waals surface area contributed by atoms with Crippen LogP contribution in [0.1, 0.15) is 18.5 Å². The Hall–Kier alpha value is -1.66. The highest BCUT2D eigenvalue weighted by molar-refractivity contribution is 6.31. The van der Waals surface area contributed by atoms with Crippen molar-refractivity contribution in [1.29, 1.82) is 0 Å². The maximum atomic E-state index is 12.9. The third kappa shape index (κ3) is 4.50. The van der Waals surface area contributed by atoms with E-state index in [1.165, 1.54) is 17.0 Å². The van der Waals surface area contributed by atoms with Gasteiger partial charge < -0.3 is 10.2 Å². The minimum Gasteiger partial charge on any atom is -0.480 e. The summed E-state index contributed by atoms with van der Waals surface area (Å²) in [4.78, 5) is 22.7. The molecule has 0 aliphatic heterocycles. The third-order valence-electron chi connectivity index (χ3n) is 2.64. The summed E-state index contributed by atoms with van der Waals surface area (Å²) >= 11 is 5.88. The molecule has 0 bridgehead atoms. The Morgan fingerprint density at radius 3 is 2.26 bits per heavy atom. The van der Waals surface area contributed by atoms with E-state index < -0.39 is 36.9 Å². The van der Waals surface area contributed by atoms with Crippen molar-refractivity contribution in [3.8, 4) is 0 Å². The summed E-state index contributed by atoms with van der Waals surface area (Å²) in [6.07, 6.45) is 0. The third-order valence-corrected chi connectivity index (χ3v) is 2.96. The largest absolute Gasteiger partial charge is 0.480 e. The van der Waals surface area contributed by atoms with Gasteiger partial charge in [0.15, 0.2) is 0 Å². The van der Waals surface area contributed by atoms with Crippen LogP contribution in [0, 0.1) is 5.82 Å². The van der Waals surface area contributed by atoms with Gasteiger partial charge in [-0.25, -0.2) is 4.39 Å². The number of carboxylic acid groups (broad SMARTS) is 2. The predicted molar refractivity (Wildman–Crippen MR) is 66.7 cm³/mol. The van der Waals surface area contributed by atoms with Gasteiger partial charge >= 0.3 is 11.9 Å². The molecule has 0 amide bonds. The van der Waals surface area contributed by atoms with Gasteiger partial charge in [0, 0.05) is 11.1 Å². The monoisotopic (exact) mass is 289 g/mol. The minimum atomic E-state index is -1.15. The molecule has 0 saturated carbocycles. The lowest BCUT2D eigenvalue weighted by Gasteiger charge is -2.26. The maximum absolute atomic E-state index is 12.9. The molecule has 1 rings (SSSR count). The van der Waals surface area contributed by atoms with Gasteiger partial charge in [-0.05, 0) is 24.6 Å². The molecule has 5 nitrogen and oxygen atoms in total. The van der Waals surface area contributed by atoms with Crippen molar-refractivity contribution in [2.75, 3.05) is 13.1 Å². The Labute approximate surface area is 114 Å². The molecular formula is C12H13ClFNO4. The molecule has 19 heavy (non-hydrogen) atoms. The van der Waals surface area contributed by atoms with Crippen LogP contribution in [0.2, 0.25) is 5.02 Å². The van der Waals surface area contributed by atoms with E-state index in [1.54, 1.807) is 6.92 Å². The first-order valence-electron chi connectivity index (χ1n) is 5.44. The van der Waals surface area contributed by atoms with Crippen LogP contribution in [0.25, 0.3) is 0 Å². The fraction of sp³-hybridized carbons (Fsp3) is 0.333. The fourth-order valence-electron chi connectivity index (χ4n) is 1.71. The molecule has 104 valence electrons. The summed E-state index contributed by atoms with van der Waals surface area (Å²) < 4.78 is 12.9. The van der Waals surface area contributed by atoms with Crippen molar-refractivity contribution in [2.45, 2.75) is 13.0 Å². The molecule has 1 aromatic rings. The molecule has 0 heterocycles. The number of carboxylic acids is 2. The van der Waals surface area contributed by atoms with Crippen LogP contribution in [-0.2, 0) is 9.59 Å². The van der Waals surface area contributed by atoms with E-state index in [4.69, 9.17) is 21.8 Å². The topological polar surface area (TPSA) is 77.8 Å². The predicted octanol–water partition coefficient (Wildman–Crippen LogP) is 2.01. The Bertz CT molecular complexity index is 479. The quantitative estimate of drug-likeness (QED) is 0.837. The molecule has 1 unspecified atom stereocenters. The lowest BCUT2D eigenvalue weighted by Crippen LogP contribution is -2.36. The first-order chi connectivity index (χ1) is 8.81. The van der Waals surface area contributed by atoms with Gasteiger partial charge in [0.2, 0.25) is 0 Å². The highest BCUT2D eigenvalue weighted by atomic mass is 35.5. The number of rotatable bonds is 6. The van der Waals surface area contributed by atoms with Crippen molar-refractivity contribution in [3.05, 3.63) is 34.6 Å². The van der Waals surface area contributed by atoms with Gasteiger partial charge in [-0.1, -0.05) is 17.7 Å². The highest BCUT2D eigenvalue weighted by Gasteiger charge is 2.22. The van der Waals surface area contributed by atoms with Gasteiger partial charge in [0.25, 0.3) is 0 Å². The molecule has 0 spiro atoms. The molecule has 2 N–H and O–H groups in total. The lowest BCUT2D eigenvalue weighted by atomic mass is 10.1. The average Bonchev–Trinajstić information content (AvgIpc) is 2.26. The Kier molecular flexibility index (Phi) is 5.26. The maximum Gasteiger partial charge on any atom is 0.317 e. The Balaban J connectivity index is 3.00. The van der Waals surface area contributed by atoms with E-state index in [0.717, 1.165) is 6.07 Å². The number of halogens is 2. The van der Waals surface area contributed by atoms with E-state index in [2.05, 4.69) is 0 Å². The zero-order valence-corrected chi connectivity index (χ0v) is 10.9. The Morgan fingerprint density at radius 1 is 1.32 bits per heavy atom. The summed E-state index contributed by atoms with van der Waals surface area (Å²) in [5, 5.41) is 17.7. The summed E-state index contributed by atoms with van der Waals surface area (Å²) in [6.45, 7) is 0.730. The van der Waals surface area contributed by atoms with Gasteiger partial charge in [-0.3, -0.25) is 14.5 Å². The number of nitrogens with zero attached hydrogens (tertiary/aromatic N) is 1. The zero-order valence-electron chi connectivity index (χ0n) is 10.1. The molecule has 0 aromatic heterocycles. The zero-order chi connectivity index (χ0) is 14.6. The fourth-order valence-corrected chi connectivity index (χ4v) is 2.04. The number of benzene rings is 1. The minimum absolute atomic E-state index is 0.133. The van der Waals surface area contributed by atoms with E-state index in [0.29, 0.717) is 5.56 Å². The van der Waals surface area contributed by atoms with E-state index in [1.807, 2.05) is 0 Å². The van der Waals surface area contributed by atoms with Crippen molar-refractivity contribution in [3.63, 3.8) is 0 Å². The normalized spacial score (nSPS) is 12.4. The van der Waals surface area contributed by atoms with Gasteiger partial charge in [0.1, 0.15) is 5.82 Å². The van der Waals surface area contributed by atoms with Crippen molar-refractivity contribution < 1.29 is 24.2 Å². The van der Waals surface area contributed by atoms with Crippen LogP contribution >= 0.6 is 11.6 Å². The van der Waals surface area contributed by atoms with Crippen LogP contribution < -0.4 is 0 Å². The van der Waals surface area contributed by atoms with E-state index in [9.17, 15) is 14.0 Å². The summed E-state index contributed by atoms with van der Waals surface area (Å²) in [5.41, 5.74) is 0.477. The van der Waals surface area contributed by atoms with Crippen LogP contribution in [-0.4, -0.2) is 40.1 Å². The van der Waals surface area contributed by atoms with Crippen LogP contribution in [0.4, 0.5) is 4.39 Å². The van der Waals surface area contributed by atoms with Crippen LogP contribution in [0.15, 0.2) is 18.2 Å². The number of aliphatic carboxylic acids is 2. The van der Waals surface area contributed by atoms with Crippen LogP contribution in [0.5, 0.6) is 0 Å². The molecule has 0 fully saturated rings. The van der Waals surface area contributed by atoms with Gasteiger partial charge in [-0.2, -0.15) is 0 Å². The molecule has 0 saturated heterocycles. The van der Waals surface area contributed by atoms with E-state index >= 15 is 0 Å². The standard InChI is InChI=1S/C12H13ClFNO4/c1-7(9-3-2-8(14)4-10(9)13)15(5-11(16)17)6-12(18)19/h2-4,7H,5-6H2,1H3,(H,16,17)(H,18,19). The number of hydrogen-bond donors (Lipinski definition) is 2. The number of hydrogen-bond acceptors (Lipinski definition) is 3. The van der Waals surface area contributed by atoms with Gasteiger partial charge in [-0.15, -0.1) is 0 Å². The molecule has 1 aromatic carbocycles. The van der Waals surface area contributed by atoms with Crippen molar-refractivity contribution in [2.24, 2.45) is 0 Å². The lowest BCUT2D eigenvalue weighted by molar-refractivity contribution is -0.142. The first-order valence-corrected chi connectivity index (χ1v) is 5.81. The molecule has 1 atom stereocenters. The number of carbonyl (C=O) groups is 2. The Morgan fingerprint density at radius 2 is 1.84 bits per heavy atom. The average molecular weight is 290 g/mol. The molecule has 0 aliphatic rings. The summed E-state index contributed by atoms with van der Waals surface area (Å²) in [7, 11) is 0. The molecule has 7 heteroatoms. The van der Waals surface area contributed by atoms with Crippen LogP contribution in [0.3, 0.4) is 0 Å². The second kappa shape index (κ2) is 6.49. The molecular weight excluding hydrogens is 277 g/mol. The van der Waals surface area contributed by atoms with E-state index in [-0.39, 0.29) is 5.02 Å². The summed E-state index contributed by atoms with van der Waals surface area (Å²) in [5.74, 6) is -2.80. The highest BCUT2D eigenvalue weighted by Crippen LogP contribution is 2.27. The second-order valence-corrected chi connectivity index (χ2v) is 4.44. The van der Waals surface area contributed by atoms with Crippen molar-refractivity contribution in [1.82, 2.24) is 4.90 Å². The SMILES string of the molecule is CC(c1ccc(F)cc1Cl)N(CC(=O)O)CC(=O)O. The van der Waals surface area contributed by atoms with Gasteiger partial charge in [0.05, 0.1) is 13.1 Å². The molecule has 0 radical (unpaired) electrons.